The molecule has 2 aliphatic rings. The maximum Gasteiger partial charge on any atom is 0.311 e. The van der Waals surface area contributed by atoms with Gasteiger partial charge in [-0.2, -0.15) is 0 Å². The van der Waals surface area contributed by atoms with Gasteiger partial charge in [0.25, 0.3) is 11.8 Å². The number of hydrogen-bond acceptors (Lipinski definition) is 4. The molecule has 46 heavy (non-hydrogen) atoms. The molecule has 1 fully saturated rings. The molecule has 5 nitrogen and oxygen atoms in total. The van der Waals surface area contributed by atoms with Crippen molar-refractivity contribution >= 4 is 39.3 Å². The SMILES string of the molecule is CCCCCCCCCC(CCCCCCCC)OC(=O)[C@@H]1CCCC[C@H]1N1C(=O)c2cc3cc4ccccc4cc3cc2C1=O. The van der Waals surface area contributed by atoms with Gasteiger partial charge < -0.3 is 4.74 Å². The van der Waals surface area contributed by atoms with E-state index in [1.165, 1.54) is 75.5 Å². The summed E-state index contributed by atoms with van der Waals surface area (Å²) in [6.07, 6.45) is 20.8. The van der Waals surface area contributed by atoms with E-state index < -0.39 is 12.0 Å². The van der Waals surface area contributed by atoms with E-state index in [9.17, 15) is 14.4 Å². The van der Waals surface area contributed by atoms with Crippen LogP contribution in [0.4, 0.5) is 0 Å². The Morgan fingerprint density at radius 1 is 0.674 bits per heavy atom. The number of rotatable bonds is 18. The van der Waals surface area contributed by atoms with Crippen LogP contribution < -0.4 is 0 Å². The molecule has 0 saturated heterocycles. The predicted octanol–water partition coefficient (Wildman–Crippen LogP) is 11.0. The molecule has 0 spiro atoms. The maximum atomic E-state index is 13.9. The van der Waals surface area contributed by atoms with E-state index in [4.69, 9.17) is 4.74 Å². The molecular formula is C41H55NO4. The molecule has 0 aromatic heterocycles. The van der Waals surface area contributed by atoms with Crippen LogP contribution in [0.5, 0.6) is 0 Å². The molecule has 5 rings (SSSR count). The summed E-state index contributed by atoms with van der Waals surface area (Å²) in [7, 11) is 0. The number of hydrogen-bond donors (Lipinski definition) is 0. The van der Waals surface area contributed by atoms with Crippen molar-refractivity contribution in [3.05, 3.63) is 59.7 Å². The molecule has 0 bridgehead atoms. The fraction of sp³-hybridized carbons (Fsp3) is 0.585. The second-order valence-corrected chi connectivity index (χ2v) is 13.9. The Morgan fingerprint density at radius 3 is 1.67 bits per heavy atom. The number of fused-ring (bicyclic) bond motifs is 3. The van der Waals surface area contributed by atoms with Crippen molar-refractivity contribution < 1.29 is 19.1 Å². The summed E-state index contributed by atoms with van der Waals surface area (Å²) in [6.45, 7) is 4.48. The highest BCUT2D eigenvalue weighted by Crippen LogP contribution is 2.37. The number of unbranched alkanes of at least 4 members (excludes halogenated alkanes) is 11. The zero-order chi connectivity index (χ0) is 32.3. The van der Waals surface area contributed by atoms with Gasteiger partial charge in [-0.3, -0.25) is 19.3 Å². The van der Waals surface area contributed by atoms with Crippen LogP contribution in [0, 0.1) is 5.92 Å². The van der Waals surface area contributed by atoms with E-state index in [0.717, 1.165) is 60.1 Å². The van der Waals surface area contributed by atoms with E-state index in [0.29, 0.717) is 24.0 Å². The number of amides is 2. The third-order valence-corrected chi connectivity index (χ3v) is 10.4. The molecular weight excluding hydrogens is 570 g/mol. The first-order valence-corrected chi connectivity index (χ1v) is 18.6. The Bertz CT molecular complexity index is 1400. The largest absolute Gasteiger partial charge is 0.462 e. The lowest BCUT2D eigenvalue weighted by Gasteiger charge is -2.36. The number of imide groups is 1. The van der Waals surface area contributed by atoms with E-state index in [-0.39, 0.29) is 23.9 Å². The van der Waals surface area contributed by atoms with Crippen LogP contribution in [0.15, 0.2) is 48.5 Å². The highest BCUT2D eigenvalue weighted by atomic mass is 16.5. The molecule has 1 aliphatic carbocycles. The van der Waals surface area contributed by atoms with Crippen LogP contribution in [0.1, 0.15) is 157 Å². The quantitative estimate of drug-likeness (QED) is 0.0610. The fourth-order valence-electron chi connectivity index (χ4n) is 7.69. The van der Waals surface area contributed by atoms with E-state index in [1.54, 1.807) is 0 Å². The first-order valence-electron chi connectivity index (χ1n) is 18.6. The lowest BCUT2D eigenvalue weighted by Crippen LogP contribution is -2.49. The molecule has 0 radical (unpaired) electrons. The summed E-state index contributed by atoms with van der Waals surface area (Å²) in [4.78, 5) is 43.1. The second-order valence-electron chi connectivity index (χ2n) is 13.9. The van der Waals surface area contributed by atoms with E-state index in [2.05, 4.69) is 38.1 Å². The average molecular weight is 626 g/mol. The summed E-state index contributed by atoms with van der Waals surface area (Å²) in [5.41, 5.74) is 0.899. The van der Waals surface area contributed by atoms with Gasteiger partial charge in [0.05, 0.1) is 23.1 Å². The Kier molecular flexibility index (Phi) is 12.7. The Balaban J connectivity index is 1.26. The molecule has 3 aromatic carbocycles. The van der Waals surface area contributed by atoms with Crippen molar-refractivity contribution in [1.82, 2.24) is 4.90 Å². The lowest BCUT2D eigenvalue weighted by atomic mass is 9.83. The Hall–Kier alpha value is -3.21. The molecule has 1 heterocycles. The minimum absolute atomic E-state index is 0.0847. The maximum absolute atomic E-state index is 13.9. The van der Waals surface area contributed by atoms with Crippen molar-refractivity contribution in [3.8, 4) is 0 Å². The summed E-state index contributed by atoms with van der Waals surface area (Å²) >= 11 is 0. The zero-order valence-corrected chi connectivity index (χ0v) is 28.4. The molecule has 3 aromatic rings. The number of nitrogens with zero attached hydrogens (tertiary/aromatic N) is 1. The van der Waals surface area contributed by atoms with Crippen LogP contribution in [-0.2, 0) is 9.53 Å². The number of esters is 1. The summed E-state index contributed by atoms with van der Waals surface area (Å²) in [5, 5.41) is 4.10. The summed E-state index contributed by atoms with van der Waals surface area (Å²) in [6, 6.07) is 15.6. The summed E-state index contributed by atoms with van der Waals surface area (Å²) < 4.78 is 6.32. The minimum atomic E-state index is -0.464. The summed E-state index contributed by atoms with van der Waals surface area (Å²) in [5.74, 6) is -1.22. The topological polar surface area (TPSA) is 63.7 Å². The Morgan fingerprint density at radius 2 is 1.15 bits per heavy atom. The second kappa shape index (κ2) is 17.1. The van der Waals surface area contributed by atoms with Crippen LogP contribution in [0.3, 0.4) is 0 Å². The van der Waals surface area contributed by atoms with Crippen molar-refractivity contribution in [2.24, 2.45) is 5.92 Å². The van der Waals surface area contributed by atoms with Crippen LogP contribution >= 0.6 is 0 Å². The molecule has 3 atom stereocenters. The molecule has 248 valence electrons. The average Bonchev–Trinajstić information content (AvgIpc) is 3.31. The third kappa shape index (κ3) is 8.38. The van der Waals surface area contributed by atoms with Gasteiger partial charge in [0.1, 0.15) is 6.10 Å². The van der Waals surface area contributed by atoms with Gasteiger partial charge in [-0.25, -0.2) is 0 Å². The molecule has 1 unspecified atom stereocenters. The normalized spacial score (nSPS) is 18.8. The Labute approximate surface area is 276 Å². The first kappa shape index (κ1) is 34.1. The van der Waals surface area contributed by atoms with Crippen molar-refractivity contribution in [3.63, 3.8) is 0 Å². The number of benzene rings is 3. The van der Waals surface area contributed by atoms with Crippen molar-refractivity contribution in [2.75, 3.05) is 0 Å². The highest BCUT2D eigenvalue weighted by Gasteiger charge is 2.46. The fourth-order valence-corrected chi connectivity index (χ4v) is 7.69. The predicted molar refractivity (Wildman–Crippen MR) is 188 cm³/mol. The van der Waals surface area contributed by atoms with Gasteiger partial charge in [0.15, 0.2) is 0 Å². The van der Waals surface area contributed by atoms with Gasteiger partial charge in [0.2, 0.25) is 0 Å². The van der Waals surface area contributed by atoms with Crippen LogP contribution in [-0.4, -0.2) is 34.8 Å². The van der Waals surface area contributed by atoms with Crippen LogP contribution in [0.2, 0.25) is 0 Å². The molecule has 1 aliphatic heterocycles. The number of carbonyl (C=O) groups is 3. The number of ether oxygens (including phenoxy) is 1. The number of carbonyl (C=O) groups excluding carboxylic acids is 3. The van der Waals surface area contributed by atoms with Gasteiger partial charge >= 0.3 is 5.97 Å². The minimum Gasteiger partial charge on any atom is -0.462 e. The van der Waals surface area contributed by atoms with Gasteiger partial charge in [-0.1, -0.05) is 122 Å². The highest BCUT2D eigenvalue weighted by molar-refractivity contribution is 6.23. The molecule has 2 amide bonds. The standard InChI is InChI=1S/C41H55NO4/c1-3-5-7-9-11-13-15-23-34(22-14-12-10-8-6-4-2)46-41(45)35-24-18-19-25-38(35)42-39(43)36-28-32-26-30-20-16-17-21-31(30)27-33(32)29-37(36)40(42)44/h16-17,20-21,26-29,34-35,38H,3-15,18-19,22-25H2,1-2H3/t34?,35-,38-/m1/s1. The van der Waals surface area contributed by atoms with Gasteiger partial charge in [-0.05, 0) is 84.3 Å². The molecule has 5 heteroatoms. The van der Waals surface area contributed by atoms with Crippen molar-refractivity contribution in [1.29, 1.82) is 0 Å². The zero-order valence-electron chi connectivity index (χ0n) is 28.4. The monoisotopic (exact) mass is 625 g/mol. The molecule has 0 N–H and O–H groups in total. The van der Waals surface area contributed by atoms with Gasteiger partial charge in [0, 0.05) is 0 Å². The smallest absolute Gasteiger partial charge is 0.311 e. The van der Waals surface area contributed by atoms with Crippen molar-refractivity contribution in [2.45, 2.75) is 148 Å². The first-order chi connectivity index (χ1) is 22.5. The lowest BCUT2D eigenvalue weighted by molar-refractivity contribution is -0.158. The van der Waals surface area contributed by atoms with Gasteiger partial charge in [-0.15, -0.1) is 0 Å². The van der Waals surface area contributed by atoms with E-state index in [1.807, 2.05) is 24.3 Å². The van der Waals surface area contributed by atoms with E-state index >= 15 is 0 Å². The third-order valence-electron chi connectivity index (χ3n) is 10.4. The molecule has 1 saturated carbocycles. The van der Waals surface area contributed by atoms with Crippen LogP contribution in [0.25, 0.3) is 21.5 Å².